The van der Waals surface area contributed by atoms with E-state index in [9.17, 15) is 9.50 Å². The van der Waals surface area contributed by atoms with Crippen LogP contribution in [0.4, 0.5) is 4.39 Å². The van der Waals surface area contributed by atoms with Gasteiger partial charge in [-0.2, -0.15) is 0 Å². The van der Waals surface area contributed by atoms with Crippen LogP contribution in [0.3, 0.4) is 0 Å². The van der Waals surface area contributed by atoms with Gasteiger partial charge in [0.15, 0.2) is 0 Å². The number of rotatable bonds is 6. The van der Waals surface area contributed by atoms with E-state index >= 15 is 0 Å². The largest absolute Gasteiger partial charge is 0.493 e. The van der Waals surface area contributed by atoms with E-state index in [2.05, 4.69) is 4.98 Å². The van der Waals surface area contributed by atoms with Crippen molar-refractivity contribution in [1.82, 2.24) is 9.55 Å². The van der Waals surface area contributed by atoms with Crippen molar-refractivity contribution in [2.24, 2.45) is 0 Å². The van der Waals surface area contributed by atoms with Crippen molar-refractivity contribution < 1.29 is 14.2 Å². The summed E-state index contributed by atoms with van der Waals surface area (Å²) in [6, 6.07) is 4.18. The van der Waals surface area contributed by atoms with Crippen molar-refractivity contribution >= 4 is 0 Å². The maximum atomic E-state index is 13.1. The molecule has 1 aromatic carbocycles. The van der Waals surface area contributed by atoms with Gasteiger partial charge in [0.25, 0.3) is 0 Å². The number of aryl methyl sites for hydroxylation is 1. The first-order valence-electron chi connectivity index (χ1n) is 6.23. The molecule has 1 atom stereocenters. The summed E-state index contributed by atoms with van der Waals surface area (Å²) in [5.41, 5.74) is 0.475. The second-order valence-electron chi connectivity index (χ2n) is 4.36. The van der Waals surface area contributed by atoms with Crippen molar-refractivity contribution in [3.8, 4) is 5.75 Å². The van der Waals surface area contributed by atoms with E-state index < -0.39 is 6.10 Å². The van der Waals surface area contributed by atoms with E-state index in [0.29, 0.717) is 17.9 Å². The van der Waals surface area contributed by atoms with Crippen LogP contribution < -0.4 is 4.74 Å². The summed E-state index contributed by atoms with van der Waals surface area (Å²) < 4.78 is 20.7. The summed E-state index contributed by atoms with van der Waals surface area (Å²) in [6.45, 7) is 2.90. The molecule has 19 heavy (non-hydrogen) atoms. The number of aliphatic hydroxyl groups excluding tert-OH is 1. The molecule has 0 fully saturated rings. The Hall–Kier alpha value is -1.88. The number of imidazole rings is 1. The molecule has 0 radical (unpaired) electrons. The van der Waals surface area contributed by atoms with Crippen LogP contribution in [0.5, 0.6) is 5.75 Å². The molecule has 0 saturated heterocycles. The number of aromatic nitrogens is 2. The Labute approximate surface area is 111 Å². The molecule has 0 amide bonds. The van der Waals surface area contributed by atoms with E-state index in [0.717, 1.165) is 13.0 Å². The molecular formula is C14H17FN2O2. The van der Waals surface area contributed by atoms with Crippen LogP contribution >= 0.6 is 0 Å². The molecule has 2 rings (SSSR count). The molecular weight excluding hydrogens is 247 g/mol. The minimum absolute atomic E-state index is 0.373. The number of hydrogen-bond donors (Lipinski definition) is 1. The highest BCUT2D eigenvalue weighted by Gasteiger charge is 2.10. The third-order valence-corrected chi connectivity index (χ3v) is 2.80. The summed E-state index contributed by atoms with van der Waals surface area (Å²) in [5, 5.41) is 9.58. The molecule has 0 saturated carbocycles. The van der Waals surface area contributed by atoms with Gasteiger partial charge in [-0.05, 0) is 31.5 Å². The lowest BCUT2D eigenvalue weighted by atomic mass is 10.1. The molecule has 0 aliphatic carbocycles. The zero-order chi connectivity index (χ0) is 13.7. The molecule has 2 aromatic rings. The highest BCUT2D eigenvalue weighted by atomic mass is 19.1. The Balaban J connectivity index is 1.88. The van der Waals surface area contributed by atoms with Gasteiger partial charge in [0, 0.05) is 24.5 Å². The van der Waals surface area contributed by atoms with Crippen molar-refractivity contribution in [2.45, 2.75) is 26.0 Å². The minimum atomic E-state index is -0.751. The second kappa shape index (κ2) is 6.33. The number of halogens is 1. The van der Waals surface area contributed by atoms with E-state index in [-0.39, 0.29) is 5.82 Å². The number of hydrogen-bond acceptors (Lipinski definition) is 3. The van der Waals surface area contributed by atoms with Crippen LogP contribution in [0.2, 0.25) is 0 Å². The topological polar surface area (TPSA) is 47.3 Å². The predicted molar refractivity (Wildman–Crippen MR) is 69.4 cm³/mol. The van der Waals surface area contributed by atoms with Crippen LogP contribution in [0.25, 0.3) is 0 Å². The van der Waals surface area contributed by atoms with Crippen LogP contribution in [0.1, 0.15) is 25.0 Å². The molecule has 0 aliphatic rings. The molecule has 0 aliphatic heterocycles. The molecule has 0 spiro atoms. The van der Waals surface area contributed by atoms with Crippen LogP contribution in [-0.2, 0) is 6.54 Å². The highest BCUT2D eigenvalue weighted by molar-refractivity contribution is 5.35. The van der Waals surface area contributed by atoms with E-state index in [1.165, 1.54) is 12.1 Å². The second-order valence-corrected chi connectivity index (χ2v) is 4.36. The smallest absolute Gasteiger partial charge is 0.125 e. The Morgan fingerprint density at radius 1 is 1.47 bits per heavy atom. The summed E-state index contributed by atoms with van der Waals surface area (Å²) in [6.07, 6.45) is 5.43. The number of ether oxygens (including phenoxy) is 1. The molecule has 5 heteroatoms. The third-order valence-electron chi connectivity index (χ3n) is 2.80. The van der Waals surface area contributed by atoms with Gasteiger partial charge in [0.05, 0.1) is 19.0 Å². The Kier molecular flexibility index (Phi) is 4.52. The molecule has 1 aromatic heterocycles. The molecule has 4 nitrogen and oxygen atoms in total. The van der Waals surface area contributed by atoms with E-state index in [4.69, 9.17) is 4.74 Å². The molecule has 0 bridgehead atoms. The molecule has 0 unspecified atom stereocenters. The number of benzene rings is 1. The van der Waals surface area contributed by atoms with Gasteiger partial charge >= 0.3 is 0 Å². The minimum Gasteiger partial charge on any atom is -0.493 e. The Bertz CT molecular complexity index is 512. The Morgan fingerprint density at radius 2 is 2.32 bits per heavy atom. The van der Waals surface area contributed by atoms with Crippen LogP contribution in [-0.4, -0.2) is 21.3 Å². The first-order valence-corrected chi connectivity index (χ1v) is 6.23. The van der Waals surface area contributed by atoms with Crippen LogP contribution in [0.15, 0.2) is 36.9 Å². The fourth-order valence-corrected chi connectivity index (χ4v) is 1.83. The summed E-state index contributed by atoms with van der Waals surface area (Å²) in [7, 11) is 0. The lowest BCUT2D eigenvalue weighted by Gasteiger charge is -2.13. The monoisotopic (exact) mass is 264 g/mol. The zero-order valence-corrected chi connectivity index (χ0v) is 10.8. The molecule has 102 valence electrons. The van der Waals surface area contributed by atoms with Crippen LogP contribution in [0, 0.1) is 5.82 Å². The fourth-order valence-electron chi connectivity index (χ4n) is 1.83. The summed E-state index contributed by atoms with van der Waals surface area (Å²) >= 11 is 0. The van der Waals surface area contributed by atoms with Crippen molar-refractivity contribution in [2.75, 3.05) is 6.61 Å². The maximum absolute atomic E-state index is 13.1. The van der Waals surface area contributed by atoms with E-state index in [1.807, 2.05) is 10.8 Å². The first kappa shape index (κ1) is 13.5. The lowest BCUT2D eigenvalue weighted by molar-refractivity contribution is 0.190. The number of nitrogens with zero attached hydrogens (tertiary/aromatic N) is 2. The van der Waals surface area contributed by atoms with Gasteiger partial charge in [-0.1, -0.05) is 0 Å². The molecule has 1 heterocycles. The zero-order valence-electron chi connectivity index (χ0n) is 10.8. The van der Waals surface area contributed by atoms with Crippen molar-refractivity contribution in [1.29, 1.82) is 0 Å². The lowest BCUT2D eigenvalue weighted by Crippen LogP contribution is -2.05. The summed E-state index contributed by atoms with van der Waals surface area (Å²) in [5.74, 6) is 0.156. The quantitative estimate of drug-likeness (QED) is 0.816. The third kappa shape index (κ3) is 3.79. The maximum Gasteiger partial charge on any atom is 0.125 e. The predicted octanol–water partition coefficient (Wildman–Crippen LogP) is 2.54. The van der Waals surface area contributed by atoms with Gasteiger partial charge in [0.1, 0.15) is 11.6 Å². The van der Waals surface area contributed by atoms with Crippen molar-refractivity contribution in [3.63, 3.8) is 0 Å². The van der Waals surface area contributed by atoms with Gasteiger partial charge in [-0.3, -0.25) is 0 Å². The highest BCUT2D eigenvalue weighted by Crippen LogP contribution is 2.26. The summed E-state index contributed by atoms with van der Waals surface area (Å²) in [4.78, 5) is 3.95. The first-order chi connectivity index (χ1) is 9.16. The average Bonchev–Trinajstić information content (AvgIpc) is 2.89. The molecule has 1 N–H and O–H groups in total. The van der Waals surface area contributed by atoms with Crippen molar-refractivity contribution in [3.05, 3.63) is 48.3 Å². The average molecular weight is 264 g/mol. The van der Waals surface area contributed by atoms with Gasteiger partial charge < -0.3 is 14.4 Å². The standard InChI is InChI=1S/C14H17FN2O2/c1-11(18)13-9-12(15)3-4-14(13)19-8-2-6-17-7-5-16-10-17/h3-5,7,9-11,18H,2,6,8H2,1H3/t11-/m0/s1. The van der Waals surface area contributed by atoms with E-state index in [1.54, 1.807) is 25.5 Å². The number of aliphatic hydroxyl groups is 1. The fraction of sp³-hybridized carbons (Fsp3) is 0.357. The van der Waals surface area contributed by atoms with Gasteiger partial charge in [-0.25, -0.2) is 9.37 Å². The SMILES string of the molecule is C[C@H](O)c1cc(F)ccc1OCCCn1ccnc1. The Morgan fingerprint density at radius 3 is 3.00 bits per heavy atom. The van der Waals surface area contributed by atoms with Gasteiger partial charge in [-0.15, -0.1) is 0 Å². The van der Waals surface area contributed by atoms with Gasteiger partial charge in [0.2, 0.25) is 0 Å². The normalized spacial score (nSPS) is 12.4.